The Kier molecular flexibility index (Phi) is 5.62. The van der Waals surface area contributed by atoms with Crippen LogP contribution in [0.25, 0.3) is 10.8 Å². The van der Waals surface area contributed by atoms with Crippen molar-refractivity contribution in [2.75, 3.05) is 21.2 Å². The Morgan fingerprint density at radius 1 is 0.976 bits per heavy atom. The van der Waals surface area contributed by atoms with Gasteiger partial charge in [0, 0.05) is 28.8 Å². The fourth-order valence-electron chi connectivity index (χ4n) is 6.59. The highest BCUT2D eigenvalue weighted by molar-refractivity contribution is 6.33. The summed E-state index contributed by atoms with van der Waals surface area (Å²) in [5.41, 5.74) is -2.04. The lowest BCUT2D eigenvalue weighted by atomic mass is 9.73. The molecule has 0 radical (unpaired) electrons. The molecule has 1 saturated heterocycles. The topological polar surface area (TPSA) is 163 Å². The first-order valence-electron chi connectivity index (χ1n) is 13.0. The molecular weight excluding hydrogens is 534 g/mol. The average Bonchev–Trinajstić information content (AvgIpc) is 2.90. The van der Waals surface area contributed by atoms with E-state index in [0.717, 1.165) is 0 Å². The highest BCUT2D eigenvalue weighted by Crippen LogP contribution is 2.56. The Bertz CT molecular complexity index is 1730. The van der Waals surface area contributed by atoms with Gasteiger partial charge in [-0.25, -0.2) is 4.79 Å². The van der Waals surface area contributed by atoms with Gasteiger partial charge >= 0.3 is 5.97 Å². The number of aliphatic hydroxyl groups is 2. The monoisotopic (exact) mass is 563 g/mol. The van der Waals surface area contributed by atoms with Crippen molar-refractivity contribution in [3.05, 3.63) is 63.2 Å². The number of aliphatic hydroxyl groups excluding tert-OH is 2. The van der Waals surface area contributed by atoms with Crippen LogP contribution in [0.4, 0.5) is 0 Å². The summed E-state index contributed by atoms with van der Waals surface area (Å²) >= 11 is 0. The van der Waals surface area contributed by atoms with Crippen LogP contribution in [0.15, 0.2) is 24.3 Å². The molecule has 2 bridgehead atoms. The van der Waals surface area contributed by atoms with E-state index in [0.29, 0.717) is 5.56 Å². The number of aryl methyl sites for hydroxylation is 1. The van der Waals surface area contributed by atoms with Gasteiger partial charge in [-0.15, -0.1) is 0 Å². The lowest BCUT2D eigenvalue weighted by Crippen LogP contribution is -2.73. The van der Waals surface area contributed by atoms with Gasteiger partial charge in [-0.1, -0.05) is 12.1 Å². The number of esters is 1. The number of ketones is 2. The molecule has 214 valence electrons. The van der Waals surface area contributed by atoms with Crippen molar-refractivity contribution in [2.45, 2.75) is 50.4 Å². The van der Waals surface area contributed by atoms with Crippen molar-refractivity contribution < 1.29 is 49.0 Å². The van der Waals surface area contributed by atoms with Gasteiger partial charge in [0.1, 0.15) is 35.1 Å². The molecule has 1 fully saturated rings. The average molecular weight is 564 g/mol. The maximum Gasteiger partial charge on any atom is 0.338 e. The molecule has 0 spiro atoms. The quantitative estimate of drug-likeness (QED) is 0.264. The van der Waals surface area contributed by atoms with Gasteiger partial charge in [-0.2, -0.15) is 0 Å². The summed E-state index contributed by atoms with van der Waals surface area (Å²) in [6, 6.07) is 4.82. The van der Waals surface area contributed by atoms with Crippen molar-refractivity contribution in [1.82, 2.24) is 4.90 Å². The van der Waals surface area contributed by atoms with E-state index in [1.54, 1.807) is 38.9 Å². The van der Waals surface area contributed by atoms with Crippen LogP contribution in [0.5, 0.6) is 17.2 Å². The maximum absolute atomic E-state index is 14.2. The lowest BCUT2D eigenvalue weighted by molar-refractivity contribution is -0.363. The van der Waals surface area contributed by atoms with E-state index in [4.69, 9.17) is 14.2 Å². The molecule has 4 N–H and O–H groups in total. The predicted molar refractivity (Wildman–Crippen MR) is 144 cm³/mol. The normalized spacial score (nSPS) is 28.2. The number of aromatic hydroxyl groups is 2. The van der Waals surface area contributed by atoms with Crippen molar-refractivity contribution in [1.29, 1.82) is 0 Å². The Morgan fingerprint density at radius 2 is 1.66 bits per heavy atom. The van der Waals surface area contributed by atoms with Crippen LogP contribution in [-0.4, -0.2) is 88.1 Å². The molecule has 11 heteroatoms. The highest BCUT2D eigenvalue weighted by Gasteiger charge is 2.64. The molecule has 1 aliphatic carbocycles. The summed E-state index contributed by atoms with van der Waals surface area (Å²) < 4.78 is 17.2. The number of carbonyl (C=O) groups is 3. The van der Waals surface area contributed by atoms with Crippen molar-refractivity contribution in [3.63, 3.8) is 0 Å². The fraction of sp³-hybridized carbons (Fsp3) is 0.367. The third-order valence-electron chi connectivity index (χ3n) is 8.68. The second kappa shape index (κ2) is 8.49. The fourth-order valence-corrected chi connectivity index (χ4v) is 6.59. The van der Waals surface area contributed by atoms with E-state index in [1.807, 2.05) is 0 Å². The van der Waals surface area contributed by atoms with Crippen molar-refractivity contribution in [2.24, 2.45) is 0 Å². The second-order valence-corrected chi connectivity index (χ2v) is 11.3. The molecule has 0 aromatic heterocycles. The van der Waals surface area contributed by atoms with Crippen LogP contribution >= 0.6 is 0 Å². The number of carbonyl (C=O) groups excluding carboxylic acids is 3. The molecular formula is C30H29NO10. The molecule has 0 amide bonds. The number of phenolic OH excluding ortho intramolecular Hbond substituents is 2. The van der Waals surface area contributed by atoms with Gasteiger partial charge < -0.3 is 39.5 Å². The number of ether oxygens (including phenoxy) is 3. The van der Waals surface area contributed by atoms with E-state index in [9.17, 15) is 34.8 Å². The Labute approximate surface area is 234 Å². The first-order valence-corrected chi connectivity index (χ1v) is 13.0. The first kappa shape index (κ1) is 27.2. The van der Waals surface area contributed by atoms with Crippen LogP contribution in [0, 0.1) is 6.92 Å². The van der Waals surface area contributed by atoms with E-state index in [1.165, 1.54) is 32.2 Å². The molecule has 0 saturated carbocycles. The molecule has 11 nitrogen and oxygen atoms in total. The molecule has 5 atom stereocenters. The summed E-state index contributed by atoms with van der Waals surface area (Å²) in [7, 11) is 4.56. The number of hydrogen-bond donors (Lipinski definition) is 4. The van der Waals surface area contributed by atoms with Gasteiger partial charge in [0.05, 0.1) is 35.4 Å². The third kappa shape index (κ3) is 3.31. The number of phenols is 2. The van der Waals surface area contributed by atoms with Gasteiger partial charge in [0.2, 0.25) is 11.6 Å². The summed E-state index contributed by atoms with van der Waals surface area (Å²) in [6.07, 6.45) is -2.71. The number of methoxy groups -OCH3 is 1. The zero-order chi connectivity index (χ0) is 29.9. The second-order valence-electron chi connectivity index (χ2n) is 11.3. The molecule has 3 aliphatic rings. The SMILES string of the molecule is COC(=O)c1c(C)ccc2c(O)c3c(cc12)C(=O)c1c2c(cc(O)c1C3=O)[C@@]1(C)O[C@@](C)(O2)[C@@H](O)[C@H](N(C)C)[C@@H]1O. The standard InChI is InChI=1S/C30H29NO10/c1-11-7-8-12-13(17(11)28(38)39-6)9-14-18(22(12)33)24(35)19-16(32)10-15-25(20(19)23(14)34)40-30(3)27(37)21(31(4)5)26(36)29(15,2)41-30/h7-10,21,26-27,32-33,36-37H,1-6H3/t21-,26+,27+,29-,30-/m1/s1. The lowest BCUT2D eigenvalue weighted by Gasteiger charge is -2.58. The molecule has 2 aliphatic heterocycles. The minimum absolute atomic E-state index is 0.109. The molecule has 6 rings (SSSR count). The number of fused-ring (bicyclic) bond motifs is 8. The summed E-state index contributed by atoms with van der Waals surface area (Å²) in [5, 5.41) is 45.3. The minimum atomic E-state index is -1.75. The van der Waals surface area contributed by atoms with Crippen LogP contribution in [0.3, 0.4) is 0 Å². The smallest absolute Gasteiger partial charge is 0.338 e. The van der Waals surface area contributed by atoms with E-state index in [-0.39, 0.29) is 44.3 Å². The Morgan fingerprint density at radius 3 is 2.29 bits per heavy atom. The molecule has 41 heavy (non-hydrogen) atoms. The van der Waals surface area contributed by atoms with E-state index >= 15 is 0 Å². The van der Waals surface area contributed by atoms with Gasteiger partial charge in [-0.3, -0.25) is 9.59 Å². The van der Waals surface area contributed by atoms with E-state index < -0.39 is 64.2 Å². The van der Waals surface area contributed by atoms with Gasteiger partial charge in [0.15, 0.2) is 5.78 Å². The van der Waals surface area contributed by atoms with E-state index in [2.05, 4.69) is 0 Å². The van der Waals surface area contributed by atoms with Gasteiger partial charge in [-0.05, 0) is 45.6 Å². The molecule has 3 aromatic rings. The minimum Gasteiger partial charge on any atom is -0.507 e. The van der Waals surface area contributed by atoms with Crippen molar-refractivity contribution >= 4 is 28.3 Å². The number of likely N-dealkylation sites (N-methyl/N-ethyl adjacent to an activating group) is 1. The molecule has 0 unspecified atom stereocenters. The number of rotatable bonds is 2. The summed E-state index contributed by atoms with van der Waals surface area (Å²) in [6.45, 7) is 4.69. The number of benzene rings is 3. The van der Waals surface area contributed by atoms with Crippen LogP contribution in [0.1, 0.15) is 67.2 Å². The van der Waals surface area contributed by atoms with Crippen molar-refractivity contribution in [3.8, 4) is 17.2 Å². The zero-order valence-electron chi connectivity index (χ0n) is 23.2. The van der Waals surface area contributed by atoms with Gasteiger partial charge in [0.25, 0.3) is 0 Å². The highest BCUT2D eigenvalue weighted by atomic mass is 16.7. The largest absolute Gasteiger partial charge is 0.507 e. The third-order valence-corrected chi connectivity index (χ3v) is 8.68. The zero-order valence-corrected chi connectivity index (χ0v) is 23.2. The van der Waals surface area contributed by atoms with Crippen LogP contribution in [-0.2, 0) is 15.1 Å². The number of nitrogens with zero attached hydrogens (tertiary/aromatic N) is 1. The Balaban J connectivity index is 1.65. The predicted octanol–water partition coefficient (Wildman–Crippen LogP) is 2.13. The molecule has 3 aromatic carbocycles. The molecule has 2 heterocycles. The summed E-state index contributed by atoms with van der Waals surface area (Å²) in [4.78, 5) is 42.4. The summed E-state index contributed by atoms with van der Waals surface area (Å²) in [5.74, 6) is -5.27. The van der Waals surface area contributed by atoms with Crippen LogP contribution < -0.4 is 4.74 Å². The maximum atomic E-state index is 14.2. The number of hydrogen-bond acceptors (Lipinski definition) is 11. The first-order chi connectivity index (χ1) is 19.2. The Hall–Kier alpha value is -4.03. The van der Waals surface area contributed by atoms with Crippen LogP contribution in [0.2, 0.25) is 0 Å².